The zero-order valence-corrected chi connectivity index (χ0v) is 5.93. The Hall–Kier alpha value is -0.980. The lowest BCUT2D eigenvalue weighted by Crippen LogP contribution is -2.13. The SMILES string of the molecule is C1=CCC2=CNCC=C2C1. The van der Waals surface area contributed by atoms with Crippen LogP contribution in [-0.2, 0) is 0 Å². The second kappa shape index (κ2) is 2.33. The summed E-state index contributed by atoms with van der Waals surface area (Å²) in [4.78, 5) is 0. The van der Waals surface area contributed by atoms with E-state index in [0.29, 0.717) is 0 Å². The summed E-state index contributed by atoms with van der Waals surface area (Å²) in [7, 11) is 0. The Morgan fingerprint density at radius 3 is 2.70 bits per heavy atom. The lowest BCUT2D eigenvalue weighted by Gasteiger charge is -2.17. The van der Waals surface area contributed by atoms with Gasteiger partial charge in [0.05, 0.1) is 0 Å². The third-order valence-electron chi connectivity index (χ3n) is 2.00. The van der Waals surface area contributed by atoms with Crippen LogP contribution in [0.4, 0.5) is 0 Å². The average Bonchev–Trinajstić information content (AvgIpc) is 2.05. The Morgan fingerprint density at radius 2 is 1.90 bits per heavy atom. The smallest absolute Gasteiger partial charge is 0.0331 e. The first-order valence-corrected chi connectivity index (χ1v) is 3.73. The van der Waals surface area contributed by atoms with Crippen LogP contribution in [0.25, 0.3) is 0 Å². The summed E-state index contributed by atoms with van der Waals surface area (Å²) in [5, 5.41) is 3.21. The van der Waals surface area contributed by atoms with Crippen LogP contribution >= 0.6 is 0 Å². The highest BCUT2D eigenvalue weighted by Crippen LogP contribution is 2.24. The fourth-order valence-electron chi connectivity index (χ4n) is 1.41. The fraction of sp³-hybridized carbons (Fsp3) is 0.333. The molecule has 0 saturated carbocycles. The summed E-state index contributed by atoms with van der Waals surface area (Å²) in [5.74, 6) is 0. The molecule has 2 aliphatic rings. The molecular weight excluding hydrogens is 122 g/mol. The van der Waals surface area contributed by atoms with Crippen LogP contribution in [0.1, 0.15) is 12.8 Å². The molecule has 2 rings (SSSR count). The molecule has 0 aromatic carbocycles. The predicted octanol–water partition coefficient (Wildman–Crippen LogP) is 1.75. The van der Waals surface area contributed by atoms with E-state index < -0.39 is 0 Å². The van der Waals surface area contributed by atoms with Crippen LogP contribution in [0, 0.1) is 0 Å². The number of rotatable bonds is 0. The lowest BCUT2D eigenvalue weighted by atomic mass is 9.94. The highest BCUT2D eigenvalue weighted by atomic mass is 14.8. The van der Waals surface area contributed by atoms with E-state index in [1.165, 1.54) is 11.1 Å². The van der Waals surface area contributed by atoms with Crippen LogP contribution in [0.5, 0.6) is 0 Å². The number of allylic oxidation sites excluding steroid dienone is 4. The molecule has 0 radical (unpaired) electrons. The molecule has 1 N–H and O–H groups in total. The Balaban J connectivity index is 2.30. The van der Waals surface area contributed by atoms with Gasteiger partial charge in [0.25, 0.3) is 0 Å². The quantitative estimate of drug-likeness (QED) is 0.496. The molecule has 1 heterocycles. The molecule has 1 aliphatic heterocycles. The van der Waals surface area contributed by atoms with Crippen molar-refractivity contribution in [3.8, 4) is 0 Å². The Labute approximate surface area is 61.1 Å². The Morgan fingerprint density at radius 1 is 1.10 bits per heavy atom. The van der Waals surface area contributed by atoms with Crippen molar-refractivity contribution in [2.75, 3.05) is 6.54 Å². The Bertz CT molecular complexity index is 197. The molecule has 0 aromatic rings. The topological polar surface area (TPSA) is 12.0 Å². The van der Waals surface area contributed by atoms with Gasteiger partial charge in [-0.25, -0.2) is 0 Å². The standard InChI is InChI=1S/C9H11N/c1-2-4-9-7-10-6-5-8(9)3-1/h1-2,5,7,10H,3-4,6H2. The largest absolute Gasteiger partial charge is 0.387 e. The van der Waals surface area contributed by atoms with Gasteiger partial charge in [-0.1, -0.05) is 18.2 Å². The van der Waals surface area contributed by atoms with Crippen molar-refractivity contribution in [3.05, 3.63) is 35.6 Å². The van der Waals surface area contributed by atoms with E-state index in [9.17, 15) is 0 Å². The van der Waals surface area contributed by atoms with Crippen LogP contribution in [0.3, 0.4) is 0 Å². The van der Waals surface area contributed by atoms with E-state index in [2.05, 4.69) is 29.7 Å². The molecule has 0 aromatic heterocycles. The van der Waals surface area contributed by atoms with Crippen LogP contribution in [0.15, 0.2) is 35.6 Å². The van der Waals surface area contributed by atoms with Gasteiger partial charge in [0.15, 0.2) is 0 Å². The van der Waals surface area contributed by atoms with Gasteiger partial charge in [-0.3, -0.25) is 0 Å². The Kier molecular flexibility index (Phi) is 1.35. The molecule has 0 spiro atoms. The zero-order chi connectivity index (χ0) is 6.81. The fourth-order valence-corrected chi connectivity index (χ4v) is 1.41. The third-order valence-corrected chi connectivity index (χ3v) is 2.00. The first-order chi connectivity index (χ1) is 4.97. The monoisotopic (exact) mass is 133 g/mol. The van der Waals surface area contributed by atoms with Gasteiger partial charge in [0.2, 0.25) is 0 Å². The zero-order valence-electron chi connectivity index (χ0n) is 5.93. The van der Waals surface area contributed by atoms with Gasteiger partial charge in [0.1, 0.15) is 0 Å². The molecule has 0 saturated heterocycles. The van der Waals surface area contributed by atoms with E-state index in [1.807, 2.05) is 0 Å². The van der Waals surface area contributed by atoms with Crippen molar-refractivity contribution in [1.82, 2.24) is 5.32 Å². The minimum absolute atomic E-state index is 1.01. The van der Waals surface area contributed by atoms with Crippen molar-refractivity contribution >= 4 is 0 Å². The number of hydrogen-bond acceptors (Lipinski definition) is 1. The molecule has 0 unspecified atom stereocenters. The van der Waals surface area contributed by atoms with Gasteiger partial charge >= 0.3 is 0 Å². The van der Waals surface area contributed by atoms with Gasteiger partial charge in [0, 0.05) is 12.7 Å². The van der Waals surface area contributed by atoms with Crippen molar-refractivity contribution in [2.24, 2.45) is 0 Å². The summed E-state index contributed by atoms with van der Waals surface area (Å²) >= 11 is 0. The molecule has 52 valence electrons. The first-order valence-electron chi connectivity index (χ1n) is 3.73. The average molecular weight is 133 g/mol. The minimum atomic E-state index is 1.01. The van der Waals surface area contributed by atoms with Crippen molar-refractivity contribution in [3.63, 3.8) is 0 Å². The summed E-state index contributed by atoms with van der Waals surface area (Å²) in [6, 6.07) is 0. The maximum absolute atomic E-state index is 3.21. The van der Waals surface area contributed by atoms with Gasteiger partial charge in [-0.2, -0.15) is 0 Å². The number of nitrogens with one attached hydrogen (secondary N) is 1. The maximum Gasteiger partial charge on any atom is 0.0331 e. The third kappa shape index (κ3) is 0.878. The number of dihydropyridines is 1. The number of fused-ring (bicyclic) bond motifs is 1. The summed E-state index contributed by atoms with van der Waals surface area (Å²) in [5.41, 5.74) is 2.98. The van der Waals surface area contributed by atoms with Crippen LogP contribution in [-0.4, -0.2) is 6.54 Å². The van der Waals surface area contributed by atoms with Crippen LogP contribution in [0.2, 0.25) is 0 Å². The second-order valence-electron chi connectivity index (χ2n) is 2.69. The normalized spacial score (nSPS) is 22.4. The molecule has 10 heavy (non-hydrogen) atoms. The molecule has 0 fully saturated rings. The summed E-state index contributed by atoms with van der Waals surface area (Å²) in [6.45, 7) is 1.01. The molecule has 0 bridgehead atoms. The van der Waals surface area contributed by atoms with Gasteiger partial charge in [-0.05, 0) is 24.0 Å². The molecule has 0 atom stereocenters. The van der Waals surface area contributed by atoms with Gasteiger partial charge in [-0.15, -0.1) is 0 Å². The minimum Gasteiger partial charge on any atom is -0.387 e. The molecule has 1 nitrogen and oxygen atoms in total. The van der Waals surface area contributed by atoms with E-state index in [4.69, 9.17) is 0 Å². The van der Waals surface area contributed by atoms with E-state index >= 15 is 0 Å². The van der Waals surface area contributed by atoms with E-state index in [0.717, 1.165) is 19.4 Å². The predicted molar refractivity (Wildman–Crippen MR) is 42.5 cm³/mol. The molecule has 0 amide bonds. The molecular formula is C9H11N. The lowest BCUT2D eigenvalue weighted by molar-refractivity contribution is 0.897. The maximum atomic E-state index is 3.21. The van der Waals surface area contributed by atoms with Crippen molar-refractivity contribution in [2.45, 2.75) is 12.8 Å². The van der Waals surface area contributed by atoms with Crippen molar-refractivity contribution < 1.29 is 0 Å². The molecule has 1 aliphatic carbocycles. The second-order valence-corrected chi connectivity index (χ2v) is 2.69. The summed E-state index contributed by atoms with van der Waals surface area (Å²) < 4.78 is 0. The number of hydrogen-bond donors (Lipinski definition) is 1. The van der Waals surface area contributed by atoms with Gasteiger partial charge < -0.3 is 5.32 Å². The summed E-state index contributed by atoms with van der Waals surface area (Å²) in [6.07, 6.45) is 11.1. The van der Waals surface area contributed by atoms with E-state index in [1.54, 1.807) is 0 Å². The molecule has 1 heteroatoms. The highest BCUT2D eigenvalue weighted by Gasteiger charge is 2.08. The first kappa shape index (κ1) is 5.78. The highest BCUT2D eigenvalue weighted by molar-refractivity contribution is 5.39. The van der Waals surface area contributed by atoms with E-state index in [-0.39, 0.29) is 0 Å². The van der Waals surface area contributed by atoms with Crippen LogP contribution < -0.4 is 5.32 Å². The van der Waals surface area contributed by atoms with Crippen molar-refractivity contribution in [1.29, 1.82) is 0 Å².